The van der Waals surface area contributed by atoms with Crippen LogP contribution in [-0.2, 0) is 23.2 Å². The van der Waals surface area contributed by atoms with Gasteiger partial charge in [0.2, 0.25) is 0 Å². The van der Waals surface area contributed by atoms with Gasteiger partial charge in [0.25, 0.3) is 0 Å². The predicted octanol–water partition coefficient (Wildman–Crippen LogP) is 4.22. The average Bonchev–Trinajstić information content (AvgIpc) is 2.45. The maximum absolute atomic E-state index is 10.6. The Hall–Kier alpha value is -2.29. The number of hydrogen-bond donors (Lipinski definition) is 2. The lowest BCUT2D eigenvalue weighted by molar-refractivity contribution is -0.136. The van der Waals surface area contributed by atoms with Gasteiger partial charge in [-0.25, -0.2) is 0 Å². The third-order valence-electron chi connectivity index (χ3n) is 3.63. The van der Waals surface area contributed by atoms with Gasteiger partial charge in [-0.05, 0) is 34.2 Å². The molecule has 2 rings (SSSR count). The second-order valence-corrected chi connectivity index (χ2v) is 6.57. The highest BCUT2D eigenvalue weighted by atomic mass is 16.4. The molecule has 0 radical (unpaired) electrons. The number of benzene rings is 2. The summed E-state index contributed by atoms with van der Waals surface area (Å²) in [5.74, 6) is -0.806. The molecule has 0 atom stereocenters. The second kappa shape index (κ2) is 6.65. The molecule has 3 nitrogen and oxygen atoms in total. The van der Waals surface area contributed by atoms with Gasteiger partial charge in [0.15, 0.2) is 0 Å². The van der Waals surface area contributed by atoms with E-state index in [0.717, 1.165) is 17.8 Å². The molecule has 0 spiro atoms. The van der Waals surface area contributed by atoms with E-state index in [9.17, 15) is 4.79 Å². The van der Waals surface area contributed by atoms with Crippen molar-refractivity contribution in [3.8, 4) is 0 Å². The van der Waals surface area contributed by atoms with Crippen molar-refractivity contribution in [2.45, 2.75) is 39.2 Å². The van der Waals surface area contributed by atoms with E-state index in [4.69, 9.17) is 5.11 Å². The lowest BCUT2D eigenvalue weighted by Gasteiger charge is -2.19. The van der Waals surface area contributed by atoms with Crippen LogP contribution in [0.4, 0.5) is 5.69 Å². The van der Waals surface area contributed by atoms with Gasteiger partial charge < -0.3 is 10.4 Å². The van der Waals surface area contributed by atoms with Gasteiger partial charge in [0.1, 0.15) is 0 Å². The van der Waals surface area contributed by atoms with Crippen LogP contribution in [0.2, 0.25) is 0 Å². The van der Waals surface area contributed by atoms with Crippen molar-refractivity contribution in [2.75, 3.05) is 5.32 Å². The lowest BCUT2D eigenvalue weighted by Crippen LogP contribution is -2.11. The van der Waals surface area contributed by atoms with Crippen molar-refractivity contribution in [3.05, 3.63) is 65.2 Å². The summed E-state index contributed by atoms with van der Waals surface area (Å²) in [6, 6.07) is 16.2. The van der Waals surface area contributed by atoms with E-state index in [1.54, 1.807) is 0 Å². The van der Waals surface area contributed by atoms with E-state index in [1.165, 1.54) is 11.1 Å². The fourth-order valence-corrected chi connectivity index (χ4v) is 2.24. The quantitative estimate of drug-likeness (QED) is 0.868. The van der Waals surface area contributed by atoms with Crippen molar-refractivity contribution >= 4 is 11.7 Å². The van der Waals surface area contributed by atoms with Crippen LogP contribution < -0.4 is 5.32 Å². The fourth-order valence-electron chi connectivity index (χ4n) is 2.24. The topological polar surface area (TPSA) is 49.3 Å². The number of carboxylic acids is 1. The number of carboxylic acid groups (broad SMARTS) is 1. The molecular weight excluding hydrogens is 274 g/mol. The summed E-state index contributed by atoms with van der Waals surface area (Å²) in [6.45, 7) is 7.37. The molecule has 0 fully saturated rings. The van der Waals surface area contributed by atoms with Gasteiger partial charge in [-0.2, -0.15) is 0 Å². The molecule has 0 aromatic heterocycles. The number of carbonyl (C=O) groups is 1. The number of rotatable bonds is 5. The summed E-state index contributed by atoms with van der Waals surface area (Å²) < 4.78 is 0. The molecule has 116 valence electrons. The minimum absolute atomic E-state index is 0.0640. The molecule has 22 heavy (non-hydrogen) atoms. The van der Waals surface area contributed by atoms with Crippen LogP contribution in [0, 0.1) is 0 Å². The zero-order chi connectivity index (χ0) is 16.2. The van der Waals surface area contributed by atoms with Crippen LogP contribution in [-0.4, -0.2) is 11.1 Å². The van der Waals surface area contributed by atoms with Crippen molar-refractivity contribution in [1.82, 2.24) is 0 Å². The highest BCUT2D eigenvalue weighted by molar-refractivity contribution is 5.70. The summed E-state index contributed by atoms with van der Waals surface area (Å²) in [4.78, 5) is 10.6. The lowest BCUT2D eigenvalue weighted by atomic mass is 9.87. The van der Waals surface area contributed by atoms with Crippen LogP contribution in [0.25, 0.3) is 0 Å². The summed E-state index contributed by atoms with van der Waals surface area (Å²) in [5, 5.41) is 12.1. The summed E-state index contributed by atoms with van der Waals surface area (Å²) in [6.07, 6.45) is 0.0640. The van der Waals surface area contributed by atoms with E-state index >= 15 is 0 Å². The Labute approximate surface area is 132 Å². The van der Waals surface area contributed by atoms with Crippen LogP contribution in [0.3, 0.4) is 0 Å². The predicted molar refractivity (Wildman–Crippen MR) is 90.3 cm³/mol. The highest BCUT2D eigenvalue weighted by Gasteiger charge is 2.12. The smallest absolute Gasteiger partial charge is 0.307 e. The van der Waals surface area contributed by atoms with Crippen LogP contribution in [0.1, 0.15) is 37.5 Å². The first kappa shape index (κ1) is 16.1. The summed E-state index contributed by atoms with van der Waals surface area (Å²) in [7, 11) is 0. The molecule has 3 heteroatoms. The average molecular weight is 297 g/mol. The maximum Gasteiger partial charge on any atom is 0.307 e. The van der Waals surface area contributed by atoms with Crippen LogP contribution in [0.15, 0.2) is 48.5 Å². The van der Waals surface area contributed by atoms with Gasteiger partial charge >= 0.3 is 5.97 Å². The van der Waals surface area contributed by atoms with Crippen molar-refractivity contribution < 1.29 is 9.90 Å². The molecule has 0 unspecified atom stereocenters. The van der Waals surface area contributed by atoms with Gasteiger partial charge in [-0.1, -0.05) is 57.2 Å². The molecule has 0 saturated heterocycles. The zero-order valence-corrected chi connectivity index (χ0v) is 13.4. The molecule has 2 N–H and O–H groups in total. The molecule has 0 aliphatic rings. The minimum Gasteiger partial charge on any atom is -0.481 e. The van der Waals surface area contributed by atoms with Gasteiger partial charge in [-0.15, -0.1) is 0 Å². The van der Waals surface area contributed by atoms with E-state index in [0.29, 0.717) is 0 Å². The molecule has 0 amide bonds. The number of anilines is 1. The van der Waals surface area contributed by atoms with Crippen molar-refractivity contribution in [3.63, 3.8) is 0 Å². The standard InChI is InChI=1S/C19H23NO2/c1-19(2,3)16-8-4-15(5-9-16)13-20-17-10-6-14(7-11-17)12-18(21)22/h4-11,20H,12-13H2,1-3H3,(H,21,22). The Morgan fingerprint density at radius 1 is 0.955 bits per heavy atom. The highest BCUT2D eigenvalue weighted by Crippen LogP contribution is 2.22. The molecule has 0 aliphatic carbocycles. The monoisotopic (exact) mass is 297 g/mol. The van der Waals surface area contributed by atoms with E-state index in [-0.39, 0.29) is 11.8 Å². The molecular formula is C19H23NO2. The van der Waals surface area contributed by atoms with Gasteiger partial charge in [-0.3, -0.25) is 4.79 Å². The minimum atomic E-state index is -0.806. The second-order valence-electron chi connectivity index (χ2n) is 6.57. The molecule has 0 aliphatic heterocycles. The van der Waals surface area contributed by atoms with Crippen molar-refractivity contribution in [2.24, 2.45) is 0 Å². The Balaban J connectivity index is 1.94. The zero-order valence-electron chi connectivity index (χ0n) is 13.4. The van der Waals surface area contributed by atoms with E-state index in [1.807, 2.05) is 24.3 Å². The fraction of sp³-hybridized carbons (Fsp3) is 0.316. The first-order chi connectivity index (χ1) is 10.3. The summed E-state index contributed by atoms with van der Waals surface area (Å²) >= 11 is 0. The first-order valence-corrected chi connectivity index (χ1v) is 7.48. The largest absolute Gasteiger partial charge is 0.481 e. The molecule has 0 heterocycles. The Morgan fingerprint density at radius 3 is 2.00 bits per heavy atom. The third kappa shape index (κ3) is 4.62. The Kier molecular flexibility index (Phi) is 4.86. The molecule has 0 saturated carbocycles. The maximum atomic E-state index is 10.6. The Bertz CT molecular complexity index is 622. The molecule has 2 aromatic carbocycles. The first-order valence-electron chi connectivity index (χ1n) is 7.48. The van der Waals surface area contributed by atoms with Crippen LogP contribution >= 0.6 is 0 Å². The number of hydrogen-bond acceptors (Lipinski definition) is 2. The molecule has 0 bridgehead atoms. The summed E-state index contributed by atoms with van der Waals surface area (Å²) in [5.41, 5.74) is 4.53. The Morgan fingerprint density at radius 2 is 1.50 bits per heavy atom. The van der Waals surface area contributed by atoms with E-state index in [2.05, 4.69) is 50.4 Å². The molecule has 2 aromatic rings. The third-order valence-corrected chi connectivity index (χ3v) is 3.63. The number of aliphatic carboxylic acids is 1. The number of nitrogens with one attached hydrogen (secondary N) is 1. The van der Waals surface area contributed by atoms with E-state index < -0.39 is 5.97 Å². The SMILES string of the molecule is CC(C)(C)c1ccc(CNc2ccc(CC(=O)O)cc2)cc1. The normalized spacial score (nSPS) is 11.2. The van der Waals surface area contributed by atoms with Crippen LogP contribution in [0.5, 0.6) is 0 Å². The van der Waals surface area contributed by atoms with Crippen molar-refractivity contribution in [1.29, 1.82) is 0 Å². The van der Waals surface area contributed by atoms with Gasteiger partial charge in [0.05, 0.1) is 6.42 Å². The van der Waals surface area contributed by atoms with Gasteiger partial charge in [0, 0.05) is 12.2 Å².